The van der Waals surface area contributed by atoms with Crippen LogP contribution in [-0.2, 0) is 0 Å². The van der Waals surface area contributed by atoms with Gasteiger partial charge in [0.1, 0.15) is 11.5 Å². The van der Waals surface area contributed by atoms with E-state index >= 15 is 0 Å². The van der Waals surface area contributed by atoms with E-state index in [1.807, 2.05) is 24.3 Å². The zero-order valence-electron chi connectivity index (χ0n) is 23.1. The molecule has 0 heterocycles. The van der Waals surface area contributed by atoms with Crippen LogP contribution in [0.5, 0.6) is 11.5 Å². The van der Waals surface area contributed by atoms with E-state index in [4.69, 9.17) is 9.47 Å². The lowest BCUT2D eigenvalue weighted by Gasteiger charge is -2.25. The summed E-state index contributed by atoms with van der Waals surface area (Å²) in [6.07, 6.45) is 8.31. The molecule has 3 nitrogen and oxygen atoms in total. The highest BCUT2D eigenvalue weighted by molar-refractivity contribution is 5.80. The maximum atomic E-state index is 5.74. The van der Waals surface area contributed by atoms with E-state index < -0.39 is 0 Å². The molecule has 0 spiro atoms. The van der Waals surface area contributed by atoms with Crippen LogP contribution >= 0.6 is 0 Å². The topological polar surface area (TPSA) is 21.7 Å². The van der Waals surface area contributed by atoms with Gasteiger partial charge >= 0.3 is 0 Å². The molecule has 0 radical (unpaired) electrons. The lowest BCUT2D eigenvalue weighted by Crippen LogP contribution is -2.09. The number of hydrogen-bond acceptors (Lipinski definition) is 3. The van der Waals surface area contributed by atoms with Crippen LogP contribution in [0.15, 0.2) is 121 Å². The highest BCUT2D eigenvalue weighted by atomic mass is 16.5. The van der Waals surface area contributed by atoms with E-state index in [0.717, 1.165) is 50.8 Å². The molecule has 0 saturated carbocycles. The van der Waals surface area contributed by atoms with Crippen molar-refractivity contribution in [1.29, 1.82) is 0 Å². The van der Waals surface area contributed by atoms with Crippen LogP contribution in [0.1, 0.15) is 27.8 Å². The Morgan fingerprint density at radius 2 is 0.875 bits per heavy atom. The predicted molar refractivity (Wildman–Crippen MR) is 170 cm³/mol. The van der Waals surface area contributed by atoms with E-state index in [0.29, 0.717) is 0 Å². The number of hydrogen-bond donors (Lipinski definition) is 0. The number of methoxy groups -OCH3 is 2. The van der Waals surface area contributed by atoms with Crippen LogP contribution in [0.4, 0.5) is 17.1 Å². The molecular weight excluding hydrogens is 490 g/mol. The Morgan fingerprint density at radius 3 is 1.30 bits per heavy atom. The zero-order chi connectivity index (χ0) is 27.7. The molecule has 40 heavy (non-hydrogen) atoms. The number of rotatable bonds is 9. The van der Waals surface area contributed by atoms with Crippen LogP contribution in [0.25, 0.3) is 24.3 Å². The fourth-order valence-corrected chi connectivity index (χ4v) is 4.59. The first-order valence-corrected chi connectivity index (χ1v) is 13.3. The summed E-state index contributed by atoms with van der Waals surface area (Å²) in [6.45, 7) is 2.09. The predicted octanol–water partition coefficient (Wildman–Crippen LogP) is 9.82. The van der Waals surface area contributed by atoms with Gasteiger partial charge in [-0.2, -0.15) is 0 Å². The summed E-state index contributed by atoms with van der Waals surface area (Å²) in [7, 11) is 3.39. The number of para-hydroxylation sites is 2. The Labute approximate surface area is 237 Å². The standard InChI is InChI=1S/C37H33NO2/c1-28-14-16-29(17-15-28)18-22-31-26-37(40-3)32(27-36(31)39-2)23-19-30-20-24-35(25-21-30)38(33-10-6-4-7-11-33)34-12-8-5-9-13-34/h4-27H,1-3H3/b22-18+,23-19+. The second-order valence-electron chi connectivity index (χ2n) is 9.51. The van der Waals surface area contributed by atoms with Gasteiger partial charge in [-0.3, -0.25) is 0 Å². The summed E-state index contributed by atoms with van der Waals surface area (Å²) >= 11 is 0. The molecule has 0 aliphatic carbocycles. The van der Waals surface area contributed by atoms with E-state index in [1.165, 1.54) is 5.56 Å². The van der Waals surface area contributed by atoms with Crippen LogP contribution in [0.3, 0.4) is 0 Å². The maximum absolute atomic E-state index is 5.74. The minimum absolute atomic E-state index is 0.788. The largest absolute Gasteiger partial charge is 0.496 e. The number of aryl methyl sites for hydroxylation is 1. The second-order valence-corrected chi connectivity index (χ2v) is 9.51. The SMILES string of the molecule is COc1cc(/C=C/c2ccc(N(c3ccccc3)c3ccccc3)cc2)c(OC)cc1/C=C/c1ccc(C)cc1. The quantitative estimate of drug-likeness (QED) is 0.179. The lowest BCUT2D eigenvalue weighted by molar-refractivity contribution is 0.401. The molecule has 5 aromatic carbocycles. The summed E-state index contributed by atoms with van der Waals surface area (Å²) in [4.78, 5) is 2.25. The van der Waals surface area contributed by atoms with Gasteiger partial charge in [-0.05, 0) is 66.6 Å². The second kappa shape index (κ2) is 12.7. The Hall–Kier alpha value is -5.02. The van der Waals surface area contributed by atoms with Crippen molar-refractivity contribution in [3.63, 3.8) is 0 Å². The monoisotopic (exact) mass is 523 g/mol. The van der Waals surface area contributed by atoms with Gasteiger partial charge in [0.25, 0.3) is 0 Å². The first-order chi connectivity index (χ1) is 19.6. The summed E-state index contributed by atoms with van der Waals surface area (Å²) in [5, 5.41) is 0. The van der Waals surface area contributed by atoms with Crippen molar-refractivity contribution in [3.8, 4) is 11.5 Å². The summed E-state index contributed by atoms with van der Waals surface area (Å²) in [6, 6.07) is 41.9. The molecule has 0 atom stereocenters. The zero-order valence-corrected chi connectivity index (χ0v) is 23.1. The van der Waals surface area contributed by atoms with Gasteiger partial charge in [0.15, 0.2) is 0 Å². The molecule has 0 aromatic heterocycles. The van der Waals surface area contributed by atoms with Crippen molar-refractivity contribution in [2.45, 2.75) is 6.92 Å². The lowest BCUT2D eigenvalue weighted by atomic mass is 10.0. The summed E-state index contributed by atoms with van der Waals surface area (Å²) in [5.74, 6) is 1.58. The molecule has 5 aromatic rings. The number of nitrogens with zero attached hydrogens (tertiary/aromatic N) is 1. The van der Waals surface area contributed by atoms with Gasteiger partial charge in [-0.1, -0.05) is 103 Å². The smallest absolute Gasteiger partial charge is 0.126 e. The van der Waals surface area contributed by atoms with Crippen molar-refractivity contribution >= 4 is 41.4 Å². The van der Waals surface area contributed by atoms with E-state index in [9.17, 15) is 0 Å². The third-order valence-corrected chi connectivity index (χ3v) is 6.75. The summed E-state index contributed by atoms with van der Waals surface area (Å²) in [5.41, 5.74) is 8.71. The molecule has 5 rings (SSSR count). The fraction of sp³-hybridized carbons (Fsp3) is 0.0811. The fourth-order valence-electron chi connectivity index (χ4n) is 4.59. The van der Waals surface area contributed by atoms with Crippen LogP contribution in [0.2, 0.25) is 0 Å². The molecule has 0 N–H and O–H groups in total. The highest BCUT2D eigenvalue weighted by Crippen LogP contribution is 2.35. The molecule has 0 bridgehead atoms. The number of benzene rings is 5. The van der Waals surface area contributed by atoms with Gasteiger partial charge < -0.3 is 14.4 Å². The Bertz CT molecular complexity index is 1550. The van der Waals surface area contributed by atoms with Crippen LogP contribution < -0.4 is 14.4 Å². The Balaban J connectivity index is 1.40. The van der Waals surface area contributed by atoms with Crippen molar-refractivity contribution in [3.05, 3.63) is 149 Å². The van der Waals surface area contributed by atoms with Crippen LogP contribution in [0, 0.1) is 6.92 Å². The molecule has 198 valence electrons. The molecule has 0 aliphatic rings. The van der Waals surface area contributed by atoms with Crippen molar-refractivity contribution < 1.29 is 9.47 Å². The maximum Gasteiger partial charge on any atom is 0.126 e. The van der Waals surface area contributed by atoms with E-state index in [2.05, 4.69) is 133 Å². The third kappa shape index (κ3) is 6.33. The molecule has 0 aliphatic heterocycles. The molecule has 0 amide bonds. The molecular formula is C37H33NO2. The minimum atomic E-state index is 0.788. The molecule has 0 unspecified atom stereocenters. The molecule has 0 fully saturated rings. The minimum Gasteiger partial charge on any atom is -0.496 e. The molecule has 0 saturated heterocycles. The Morgan fingerprint density at radius 1 is 0.475 bits per heavy atom. The first kappa shape index (κ1) is 26.6. The normalized spacial score (nSPS) is 11.2. The van der Waals surface area contributed by atoms with Crippen molar-refractivity contribution in [2.75, 3.05) is 19.1 Å². The van der Waals surface area contributed by atoms with Gasteiger partial charge in [0.05, 0.1) is 14.2 Å². The number of ether oxygens (including phenoxy) is 2. The first-order valence-electron chi connectivity index (χ1n) is 13.3. The van der Waals surface area contributed by atoms with Gasteiger partial charge in [0, 0.05) is 28.2 Å². The average Bonchev–Trinajstić information content (AvgIpc) is 3.01. The number of anilines is 3. The Kier molecular flexibility index (Phi) is 8.43. The highest BCUT2D eigenvalue weighted by Gasteiger charge is 2.12. The van der Waals surface area contributed by atoms with Crippen molar-refractivity contribution in [2.24, 2.45) is 0 Å². The van der Waals surface area contributed by atoms with E-state index in [1.54, 1.807) is 14.2 Å². The van der Waals surface area contributed by atoms with Gasteiger partial charge in [-0.25, -0.2) is 0 Å². The van der Waals surface area contributed by atoms with Gasteiger partial charge in [-0.15, -0.1) is 0 Å². The van der Waals surface area contributed by atoms with E-state index in [-0.39, 0.29) is 0 Å². The molecule has 3 heteroatoms. The van der Waals surface area contributed by atoms with Gasteiger partial charge in [0.2, 0.25) is 0 Å². The third-order valence-electron chi connectivity index (χ3n) is 6.75. The van der Waals surface area contributed by atoms with Crippen molar-refractivity contribution in [1.82, 2.24) is 0 Å². The summed E-state index contributed by atoms with van der Waals surface area (Å²) < 4.78 is 11.5. The average molecular weight is 524 g/mol. The van der Waals surface area contributed by atoms with Crippen LogP contribution in [-0.4, -0.2) is 14.2 Å².